The predicted molar refractivity (Wildman–Crippen MR) is 81.5 cm³/mol. The molecular formula is C15H23N3O5. The van der Waals surface area contributed by atoms with Gasteiger partial charge >= 0.3 is 11.9 Å². The van der Waals surface area contributed by atoms with Gasteiger partial charge in [0.15, 0.2) is 0 Å². The summed E-state index contributed by atoms with van der Waals surface area (Å²) in [5, 5.41) is 3.10. The van der Waals surface area contributed by atoms with Gasteiger partial charge in [-0.15, -0.1) is 0 Å². The van der Waals surface area contributed by atoms with Gasteiger partial charge in [-0.05, 0) is 7.05 Å². The van der Waals surface area contributed by atoms with Crippen LogP contribution in [0.4, 0.5) is 0 Å². The van der Waals surface area contributed by atoms with E-state index in [9.17, 15) is 14.4 Å². The molecule has 128 valence electrons. The molecule has 2 aliphatic heterocycles. The number of carbonyl (C=O) groups is 3. The highest BCUT2D eigenvalue weighted by Crippen LogP contribution is 2.14. The minimum atomic E-state index is -0.616. The van der Waals surface area contributed by atoms with Gasteiger partial charge < -0.3 is 24.6 Å². The van der Waals surface area contributed by atoms with Crippen molar-refractivity contribution in [3.05, 3.63) is 12.2 Å². The van der Waals surface area contributed by atoms with E-state index >= 15 is 0 Å². The number of esters is 2. The van der Waals surface area contributed by atoms with Crippen molar-refractivity contribution in [1.82, 2.24) is 15.1 Å². The molecule has 2 aliphatic rings. The van der Waals surface area contributed by atoms with Crippen molar-refractivity contribution in [3.63, 3.8) is 0 Å². The minimum absolute atomic E-state index is 0.0572. The summed E-state index contributed by atoms with van der Waals surface area (Å²) in [5.41, 5.74) is 0. The number of hydrogen-bond donors (Lipinski definition) is 1. The summed E-state index contributed by atoms with van der Waals surface area (Å²) >= 11 is 0. The number of carbonyl (C=O) groups excluding carboxylic acids is 3. The van der Waals surface area contributed by atoms with E-state index in [1.54, 1.807) is 0 Å². The molecule has 23 heavy (non-hydrogen) atoms. The highest BCUT2D eigenvalue weighted by molar-refractivity contribution is 5.91. The van der Waals surface area contributed by atoms with Crippen molar-refractivity contribution >= 4 is 17.8 Å². The standard InChI is InChI=1S/C15H23N3O5/c1-17-5-7-18(8-6-17)15(21)12-9-11(10-16-12)23-14(20)4-3-13(19)22-2/h3-4,11-12,16H,5-10H2,1-2H3/b4-3+/t11-,12+/m1/s1. The van der Waals surface area contributed by atoms with E-state index in [1.807, 2.05) is 11.9 Å². The largest absolute Gasteiger partial charge is 0.466 e. The van der Waals surface area contributed by atoms with Crippen LogP contribution in [-0.4, -0.2) is 86.7 Å². The number of ether oxygens (including phenoxy) is 2. The molecule has 2 fully saturated rings. The SMILES string of the molecule is COC(=O)/C=C/C(=O)O[C@H]1CN[C@H](C(=O)N2CCN(C)CC2)C1. The number of nitrogens with zero attached hydrogens (tertiary/aromatic N) is 2. The molecule has 8 heteroatoms. The normalized spacial score (nSPS) is 25.6. The summed E-state index contributed by atoms with van der Waals surface area (Å²) in [6.07, 6.45) is 2.12. The van der Waals surface area contributed by atoms with E-state index in [0.717, 1.165) is 38.3 Å². The molecule has 0 aromatic carbocycles. The smallest absolute Gasteiger partial charge is 0.331 e. The first-order valence-corrected chi connectivity index (χ1v) is 7.67. The van der Waals surface area contributed by atoms with Crippen LogP contribution in [0.1, 0.15) is 6.42 Å². The molecule has 0 spiro atoms. The lowest BCUT2D eigenvalue weighted by atomic mass is 10.1. The van der Waals surface area contributed by atoms with Gasteiger partial charge in [0.25, 0.3) is 0 Å². The molecule has 0 aromatic heterocycles. The van der Waals surface area contributed by atoms with Gasteiger partial charge in [-0.3, -0.25) is 4.79 Å². The second-order valence-electron chi connectivity index (χ2n) is 5.74. The number of hydrogen-bond acceptors (Lipinski definition) is 7. The Kier molecular flexibility index (Phi) is 6.12. The van der Waals surface area contributed by atoms with Gasteiger partial charge in [-0.1, -0.05) is 0 Å². The molecule has 1 N–H and O–H groups in total. The number of likely N-dealkylation sites (N-methyl/N-ethyl adjacent to an activating group) is 1. The Balaban J connectivity index is 1.77. The molecule has 1 amide bonds. The van der Waals surface area contributed by atoms with Crippen molar-refractivity contribution < 1.29 is 23.9 Å². The molecule has 0 unspecified atom stereocenters. The van der Waals surface area contributed by atoms with Gasteiger partial charge in [0.05, 0.1) is 13.2 Å². The van der Waals surface area contributed by atoms with E-state index in [4.69, 9.17) is 4.74 Å². The topological polar surface area (TPSA) is 88.2 Å². The quantitative estimate of drug-likeness (QED) is 0.511. The molecular weight excluding hydrogens is 302 g/mol. The van der Waals surface area contributed by atoms with E-state index in [0.29, 0.717) is 13.0 Å². The van der Waals surface area contributed by atoms with Crippen molar-refractivity contribution in [3.8, 4) is 0 Å². The Bertz CT molecular complexity index is 486. The molecule has 2 saturated heterocycles. The Morgan fingerprint density at radius 2 is 1.74 bits per heavy atom. The summed E-state index contributed by atoms with van der Waals surface area (Å²) in [4.78, 5) is 39.0. The van der Waals surface area contributed by atoms with Crippen molar-refractivity contribution in [2.75, 3.05) is 46.9 Å². The van der Waals surface area contributed by atoms with Crippen molar-refractivity contribution in [2.24, 2.45) is 0 Å². The van der Waals surface area contributed by atoms with Gasteiger partial charge in [-0.25, -0.2) is 9.59 Å². The average molecular weight is 325 g/mol. The summed E-state index contributed by atoms with van der Waals surface area (Å²) < 4.78 is 9.61. The summed E-state index contributed by atoms with van der Waals surface area (Å²) in [7, 11) is 3.26. The zero-order chi connectivity index (χ0) is 16.8. The monoisotopic (exact) mass is 325 g/mol. The van der Waals surface area contributed by atoms with E-state index in [1.165, 1.54) is 7.11 Å². The lowest BCUT2D eigenvalue weighted by Gasteiger charge is -2.33. The van der Waals surface area contributed by atoms with Crippen LogP contribution >= 0.6 is 0 Å². The Morgan fingerprint density at radius 3 is 2.39 bits per heavy atom. The first kappa shape index (κ1) is 17.4. The zero-order valence-electron chi connectivity index (χ0n) is 13.5. The van der Waals surface area contributed by atoms with Crippen LogP contribution in [-0.2, 0) is 23.9 Å². The lowest BCUT2D eigenvalue weighted by molar-refractivity contribution is -0.143. The number of rotatable bonds is 4. The highest BCUT2D eigenvalue weighted by atomic mass is 16.5. The highest BCUT2D eigenvalue weighted by Gasteiger charge is 2.34. The zero-order valence-corrected chi connectivity index (χ0v) is 13.5. The fourth-order valence-electron chi connectivity index (χ4n) is 2.64. The Labute approximate surface area is 135 Å². The summed E-state index contributed by atoms with van der Waals surface area (Å²) in [5.74, 6) is -1.17. The van der Waals surface area contributed by atoms with Crippen LogP contribution in [0.2, 0.25) is 0 Å². The molecule has 2 atom stereocenters. The second kappa shape index (κ2) is 8.07. The van der Waals surface area contributed by atoms with Crippen LogP contribution < -0.4 is 5.32 Å². The third kappa shape index (κ3) is 5.04. The maximum Gasteiger partial charge on any atom is 0.331 e. The molecule has 2 rings (SSSR count). The first-order valence-electron chi connectivity index (χ1n) is 7.67. The molecule has 0 aromatic rings. The molecule has 0 bridgehead atoms. The van der Waals surface area contributed by atoms with Crippen molar-refractivity contribution in [1.29, 1.82) is 0 Å². The van der Waals surface area contributed by atoms with Crippen LogP contribution in [0.5, 0.6) is 0 Å². The van der Waals surface area contributed by atoms with Crippen molar-refractivity contribution in [2.45, 2.75) is 18.6 Å². The number of amides is 1. The number of methoxy groups -OCH3 is 1. The first-order chi connectivity index (χ1) is 11.0. The molecule has 2 heterocycles. The fraction of sp³-hybridized carbons (Fsp3) is 0.667. The van der Waals surface area contributed by atoms with E-state index in [-0.39, 0.29) is 18.1 Å². The minimum Gasteiger partial charge on any atom is -0.466 e. The van der Waals surface area contributed by atoms with E-state index < -0.39 is 11.9 Å². The summed E-state index contributed by atoms with van der Waals surface area (Å²) in [6.45, 7) is 3.62. The average Bonchev–Trinajstić information content (AvgIpc) is 3.01. The maximum absolute atomic E-state index is 12.4. The van der Waals surface area contributed by atoms with Crippen LogP contribution in [0.15, 0.2) is 12.2 Å². The van der Waals surface area contributed by atoms with Gasteiger partial charge in [-0.2, -0.15) is 0 Å². The second-order valence-corrected chi connectivity index (χ2v) is 5.74. The molecule has 0 radical (unpaired) electrons. The molecule has 0 aliphatic carbocycles. The van der Waals surface area contributed by atoms with Gasteiger partial charge in [0.1, 0.15) is 6.10 Å². The Morgan fingerprint density at radius 1 is 1.09 bits per heavy atom. The Hall–Kier alpha value is -1.93. The molecule has 8 nitrogen and oxygen atoms in total. The van der Waals surface area contributed by atoms with E-state index in [2.05, 4.69) is 15.0 Å². The third-order valence-electron chi connectivity index (χ3n) is 4.04. The lowest BCUT2D eigenvalue weighted by Crippen LogP contribution is -2.52. The number of piperazine rings is 1. The van der Waals surface area contributed by atoms with Gasteiger partial charge in [0.2, 0.25) is 5.91 Å². The predicted octanol–water partition coefficient (Wildman–Crippen LogP) is -1.24. The van der Waals surface area contributed by atoms with Crippen LogP contribution in [0.25, 0.3) is 0 Å². The van der Waals surface area contributed by atoms with Crippen LogP contribution in [0.3, 0.4) is 0 Å². The van der Waals surface area contributed by atoms with Crippen LogP contribution in [0, 0.1) is 0 Å². The molecule has 0 saturated carbocycles. The number of nitrogens with one attached hydrogen (secondary N) is 1. The third-order valence-corrected chi connectivity index (χ3v) is 4.04. The van der Waals surface area contributed by atoms with Gasteiger partial charge in [0, 0.05) is 51.3 Å². The fourth-order valence-corrected chi connectivity index (χ4v) is 2.64. The summed E-state index contributed by atoms with van der Waals surface area (Å²) in [6, 6.07) is -0.319. The maximum atomic E-state index is 12.4.